The third-order valence-electron chi connectivity index (χ3n) is 1.66. The molecule has 0 atom stereocenters. The molecule has 1 rings (SSSR count). The minimum atomic E-state index is -3.39. The van der Waals surface area contributed by atoms with Crippen molar-refractivity contribution >= 4 is 11.1 Å². The fourth-order valence-corrected chi connectivity index (χ4v) is 1.86. The molecule has 0 aromatic heterocycles. The summed E-state index contributed by atoms with van der Waals surface area (Å²) >= 11 is -3.39. The molecule has 0 aromatic rings. The minimum Gasteiger partial charge on any atom is -0.296 e. The molecule has 3 N–H and O–H groups in total. The van der Waals surface area contributed by atoms with Gasteiger partial charge in [0.05, 0.1) is 0 Å². The van der Waals surface area contributed by atoms with Gasteiger partial charge in [0.15, 0.2) is 11.1 Å². The summed E-state index contributed by atoms with van der Waals surface area (Å²) in [6.45, 7) is 5.19. The molecule has 0 spiro atoms. The number of rotatable bonds is 1. The van der Waals surface area contributed by atoms with Crippen molar-refractivity contribution in [3.05, 3.63) is 0 Å². The molecule has 1 heterocycles. The van der Waals surface area contributed by atoms with Crippen LogP contribution in [0.1, 0.15) is 33.1 Å². The summed E-state index contributed by atoms with van der Waals surface area (Å²) in [6.07, 6.45) is 3.00. The van der Waals surface area contributed by atoms with E-state index in [1.54, 1.807) is 0 Å². The van der Waals surface area contributed by atoms with Gasteiger partial charge in [0.2, 0.25) is 0 Å². The highest BCUT2D eigenvalue weighted by atomic mass is 32.3. The Balaban J connectivity index is 0.000000561. The molecule has 0 unspecified atom stereocenters. The molecule has 0 radical (unpaired) electrons. The molecule has 5 heteroatoms. The zero-order valence-corrected chi connectivity index (χ0v) is 8.55. The van der Waals surface area contributed by atoms with Gasteiger partial charge < -0.3 is 0 Å². The normalized spacial score (nSPS) is 21.1. The van der Waals surface area contributed by atoms with Crippen molar-refractivity contribution in [2.24, 2.45) is 0 Å². The first-order chi connectivity index (χ1) is 5.61. The van der Waals surface area contributed by atoms with E-state index in [1.165, 1.54) is 4.31 Å². The lowest BCUT2D eigenvalue weighted by atomic mass is 10.2. The Hall–Kier alpha value is 0.190. The van der Waals surface area contributed by atoms with Gasteiger partial charge in [-0.05, 0) is 12.8 Å². The minimum absolute atomic E-state index is 0.596. The molecule has 1 aliphatic rings. The first-order valence-corrected chi connectivity index (χ1v) is 5.82. The zero-order valence-electron chi connectivity index (χ0n) is 7.73. The molecular weight excluding hydrogens is 178 g/mol. The largest absolute Gasteiger partial charge is 0.296 e. The Bertz CT molecular complexity index is 110. The van der Waals surface area contributed by atoms with E-state index in [-0.39, 0.29) is 0 Å². The van der Waals surface area contributed by atoms with E-state index in [9.17, 15) is 0 Å². The highest BCUT2D eigenvalue weighted by Gasteiger charge is 2.24. The molecule has 0 aliphatic carbocycles. The first-order valence-electron chi connectivity index (χ1n) is 4.36. The summed E-state index contributed by atoms with van der Waals surface area (Å²) in [4.78, 5) is 0. The topological polar surface area (TPSA) is 63.9 Å². The molecule has 12 heavy (non-hydrogen) atoms. The van der Waals surface area contributed by atoms with Gasteiger partial charge >= 0.3 is 0 Å². The van der Waals surface area contributed by atoms with Crippen molar-refractivity contribution in [2.75, 3.05) is 13.1 Å². The van der Waals surface area contributed by atoms with Crippen LogP contribution < -0.4 is 0 Å². The fraction of sp³-hybridized carbons (Fsp3) is 1.00. The standard InChI is InChI=1S/C5H13NO3S.C2H6/c7-10(8,9)6-4-2-1-3-5-6;1-2/h7-9H,1-5H2;1-2H3. The number of hydrogen-bond donors (Lipinski definition) is 3. The molecule has 76 valence electrons. The molecule has 0 saturated carbocycles. The highest BCUT2D eigenvalue weighted by Crippen LogP contribution is 2.39. The van der Waals surface area contributed by atoms with E-state index < -0.39 is 11.1 Å². The van der Waals surface area contributed by atoms with E-state index in [0.717, 1.165) is 19.3 Å². The second-order valence-electron chi connectivity index (χ2n) is 2.48. The van der Waals surface area contributed by atoms with E-state index in [0.29, 0.717) is 13.1 Å². The summed E-state index contributed by atoms with van der Waals surface area (Å²) in [5, 5.41) is 0. The van der Waals surface area contributed by atoms with Gasteiger partial charge in [-0.15, -0.1) is 0 Å². The Morgan fingerprint density at radius 2 is 1.33 bits per heavy atom. The van der Waals surface area contributed by atoms with Crippen LogP contribution >= 0.6 is 11.1 Å². The van der Waals surface area contributed by atoms with Crippen LogP contribution in [0.2, 0.25) is 0 Å². The number of hydrogen-bond acceptors (Lipinski definition) is 4. The SMILES string of the molecule is CC.OS(O)(O)N1CCCCC1. The average Bonchev–Trinajstić information content (AvgIpc) is 2.08. The van der Waals surface area contributed by atoms with Crippen LogP contribution in [0.4, 0.5) is 0 Å². The van der Waals surface area contributed by atoms with Gasteiger partial charge in [-0.2, -0.15) is 0 Å². The van der Waals surface area contributed by atoms with Crippen LogP contribution in [0.5, 0.6) is 0 Å². The Morgan fingerprint density at radius 3 is 1.58 bits per heavy atom. The molecular formula is C7H19NO3S. The highest BCUT2D eigenvalue weighted by molar-refractivity contribution is 8.17. The lowest BCUT2D eigenvalue weighted by Crippen LogP contribution is -2.32. The zero-order chi connectivity index (χ0) is 9.61. The van der Waals surface area contributed by atoms with Crippen LogP contribution in [0, 0.1) is 0 Å². The van der Waals surface area contributed by atoms with E-state index in [1.807, 2.05) is 13.8 Å². The number of nitrogens with zero attached hydrogens (tertiary/aromatic N) is 1. The van der Waals surface area contributed by atoms with Gasteiger partial charge in [0.25, 0.3) is 0 Å². The van der Waals surface area contributed by atoms with Crippen molar-refractivity contribution in [3.8, 4) is 0 Å². The molecule has 0 amide bonds. The Labute approximate surface area is 75.9 Å². The molecule has 1 saturated heterocycles. The third-order valence-corrected chi connectivity index (χ3v) is 2.72. The summed E-state index contributed by atoms with van der Waals surface area (Å²) in [6, 6.07) is 0. The lowest BCUT2D eigenvalue weighted by Gasteiger charge is -2.35. The van der Waals surface area contributed by atoms with Gasteiger partial charge in [-0.25, -0.2) is 4.31 Å². The Morgan fingerprint density at radius 1 is 0.917 bits per heavy atom. The average molecular weight is 197 g/mol. The lowest BCUT2D eigenvalue weighted by molar-refractivity contribution is 0.249. The molecule has 1 aliphatic heterocycles. The van der Waals surface area contributed by atoms with Crippen LogP contribution in [-0.2, 0) is 0 Å². The molecule has 1 fully saturated rings. The maximum absolute atomic E-state index is 8.76. The monoisotopic (exact) mass is 197 g/mol. The first kappa shape index (κ1) is 12.2. The van der Waals surface area contributed by atoms with Gasteiger partial charge in [-0.3, -0.25) is 13.7 Å². The van der Waals surface area contributed by atoms with E-state index >= 15 is 0 Å². The fourth-order valence-electron chi connectivity index (χ4n) is 1.11. The predicted molar refractivity (Wildman–Crippen MR) is 52.2 cm³/mol. The summed E-state index contributed by atoms with van der Waals surface area (Å²) in [7, 11) is 0. The third kappa shape index (κ3) is 4.27. The second kappa shape index (κ2) is 5.77. The maximum Gasteiger partial charge on any atom is 0.155 e. The van der Waals surface area contributed by atoms with Crippen molar-refractivity contribution in [2.45, 2.75) is 33.1 Å². The van der Waals surface area contributed by atoms with Gasteiger partial charge in [-0.1, -0.05) is 20.3 Å². The van der Waals surface area contributed by atoms with Crippen LogP contribution in [-0.4, -0.2) is 31.1 Å². The van der Waals surface area contributed by atoms with Gasteiger partial charge in [0, 0.05) is 13.1 Å². The summed E-state index contributed by atoms with van der Waals surface area (Å²) < 4.78 is 27.6. The summed E-state index contributed by atoms with van der Waals surface area (Å²) in [5.41, 5.74) is 0. The van der Waals surface area contributed by atoms with E-state index in [4.69, 9.17) is 13.7 Å². The van der Waals surface area contributed by atoms with Gasteiger partial charge in [0.1, 0.15) is 0 Å². The summed E-state index contributed by atoms with van der Waals surface area (Å²) in [5.74, 6) is 0. The maximum atomic E-state index is 8.76. The molecule has 0 aromatic carbocycles. The molecule has 4 nitrogen and oxygen atoms in total. The quantitative estimate of drug-likeness (QED) is 0.604. The van der Waals surface area contributed by atoms with Crippen LogP contribution in [0.3, 0.4) is 0 Å². The van der Waals surface area contributed by atoms with E-state index in [2.05, 4.69) is 0 Å². The van der Waals surface area contributed by atoms with Crippen molar-refractivity contribution in [3.63, 3.8) is 0 Å². The molecule has 0 bridgehead atoms. The van der Waals surface area contributed by atoms with Crippen molar-refractivity contribution in [1.29, 1.82) is 0 Å². The van der Waals surface area contributed by atoms with Crippen LogP contribution in [0.25, 0.3) is 0 Å². The van der Waals surface area contributed by atoms with Crippen LogP contribution in [0.15, 0.2) is 0 Å². The smallest absolute Gasteiger partial charge is 0.155 e. The number of piperidine rings is 1. The van der Waals surface area contributed by atoms with Crippen molar-refractivity contribution in [1.82, 2.24) is 4.31 Å². The Kier molecular flexibility index (Phi) is 5.86. The second-order valence-corrected chi connectivity index (χ2v) is 3.98. The predicted octanol–water partition coefficient (Wildman–Crippen LogP) is 2.64. The van der Waals surface area contributed by atoms with Crippen molar-refractivity contribution < 1.29 is 13.7 Å².